The summed E-state index contributed by atoms with van der Waals surface area (Å²) in [5, 5.41) is 5.33. The maximum absolute atomic E-state index is 12.2. The zero-order chi connectivity index (χ0) is 19.3. The Morgan fingerprint density at radius 2 is 1.62 bits per heavy atom. The number of amides is 2. The minimum absolute atomic E-state index is 0.199. The lowest BCUT2D eigenvalue weighted by Gasteiger charge is -2.16. The van der Waals surface area contributed by atoms with Crippen molar-refractivity contribution in [3.63, 3.8) is 0 Å². The molecule has 0 heterocycles. The Labute approximate surface area is 160 Å². The quantitative estimate of drug-likeness (QED) is 0.633. The second-order valence-electron chi connectivity index (χ2n) is 5.22. The molecule has 10 heteroatoms. The smallest absolute Gasteiger partial charge is 0.323 e. The van der Waals surface area contributed by atoms with E-state index in [9.17, 15) is 13.2 Å². The molecule has 3 N–H and O–H groups in total. The summed E-state index contributed by atoms with van der Waals surface area (Å²) in [5.74, 6) is 0.496. The Morgan fingerprint density at radius 3 is 2.19 bits per heavy atom. The molecule has 2 rings (SSSR count). The van der Waals surface area contributed by atoms with Crippen LogP contribution in [0.5, 0.6) is 11.5 Å². The molecule has 8 nitrogen and oxygen atoms in total. The predicted octanol–water partition coefficient (Wildman–Crippen LogP) is 3.48. The summed E-state index contributed by atoms with van der Waals surface area (Å²) < 4.78 is 36.5. The van der Waals surface area contributed by atoms with E-state index in [0.29, 0.717) is 11.4 Å². The molecular formula is C16H18BrN3O5S. The van der Waals surface area contributed by atoms with Crippen molar-refractivity contribution in [1.29, 1.82) is 0 Å². The van der Waals surface area contributed by atoms with Gasteiger partial charge in [0, 0.05) is 22.3 Å². The van der Waals surface area contributed by atoms with Crippen molar-refractivity contribution in [2.75, 3.05) is 35.8 Å². The number of ether oxygens (including phenoxy) is 2. The molecule has 0 atom stereocenters. The van der Waals surface area contributed by atoms with Crippen LogP contribution in [0.25, 0.3) is 0 Å². The van der Waals surface area contributed by atoms with Crippen LogP contribution in [-0.2, 0) is 10.0 Å². The molecular weight excluding hydrogens is 426 g/mol. The highest BCUT2D eigenvalue weighted by atomic mass is 79.9. The third kappa shape index (κ3) is 5.53. The first-order valence-corrected chi connectivity index (χ1v) is 9.97. The van der Waals surface area contributed by atoms with Gasteiger partial charge in [-0.1, -0.05) is 22.0 Å². The van der Waals surface area contributed by atoms with E-state index in [-0.39, 0.29) is 17.2 Å². The number of rotatable bonds is 6. The molecule has 0 aliphatic heterocycles. The fraction of sp³-hybridized carbons (Fsp3) is 0.188. The lowest BCUT2D eigenvalue weighted by molar-refractivity contribution is 0.262. The van der Waals surface area contributed by atoms with E-state index in [1.54, 1.807) is 18.2 Å². The SMILES string of the molecule is COc1cc(NS(C)(=O)=O)c(OC)cc1NC(=O)Nc1cccc(Br)c1. The standard InChI is InChI=1S/C16H18BrN3O5S/c1-24-14-9-13(20-26(3,22)23)15(25-2)8-12(14)19-16(21)18-11-6-4-5-10(17)7-11/h4-9,20H,1-3H3,(H2,18,19,21). The Kier molecular flexibility index (Phi) is 6.32. The molecule has 2 aromatic carbocycles. The topological polar surface area (TPSA) is 106 Å². The second-order valence-corrected chi connectivity index (χ2v) is 7.88. The average molecular weight is 444 g/mol. The van der Waals surface area contributed by atoms with Crippen LogP contribution in [0.2, 0.25) is 0 Å². The van der Waals surface area contributed by atoms with Crippen LogP contribution in [0.3, 0.4) is 0 Å². The van der Waals surface area contributed by atoms with Crippen LogP contribution >= 0.6 is 15.9 Å². The molecule has 0 unspecified atom stereocenters. The van der Waals surface area contributed by atoms with Gasteiger partial charge in [-0.15, -0.1) is 0 Å². The lowest BCUT2D eigenvalue weighted by Crippen LogP contribution is -2.20. The zero-order valence-corrected chi connectivity index (χ0v) is 16.7. The van der Waals surface area contributed by atoms with Gasteiger partial charge in [0.25, 0.3) is 0 Å². The first kappa shape index (κ1) is 19.9. The number of benzene rings is 2. The van der Waals surface area contributed by atoms with E-state index < -0.39 is 16.1 Å². The fourth-order valence-corrected chi connectivity index (χ4v) is 3.08. The zero-order valence-electron chi connectivity index (χ0n) is 14.3. The number of carbonyl (C=O) groups excluding carboxylic acids is 1. The fourth-order valence-electron chi connectivity index (χ4n) is 2.13. The van der Waals surface area contributed by atoms with Crippen LogP contribution in [0.4, 0.5) is 21.9 Å². The highest BCUT2D eigenvalue weighted by Gasteiger charge is 2.16. The van der Waals surface area contributed by atoms with Crippen molar-refractivity contribution in [2.24, 2.45) is 0 Å². The number of carbonyl (C=O) groups is 1. The molecule has 26 heavy (non-hydrogen) atoms. The summed E-state index contributed by atoms with van der Waals surface area (Å²) in [5.41, 5.74) is 1.11. The maximum atomic E-state index is 12.2. The summed E-state index contributed by atoms with van der Waals surface area (Å²) in [6, 6.07) is 9.51. The van der Waals surface area contributed by atoms with Crippen LogP contribution in [-0.4, -0.2) is 34.9 Å². The summed E-state index contributed by atoms with van der Waals surface area (Å²) in [6.45, 7) is 0. The van der Waals surface area contributed by atoms with Crippen molar-refractivity contribution < 1.29 is 22.7 Å². The van der Waals surface area contributed by atoms with Crippen LogP contribution < -0.4 is 24.8 Å². The van der Waals surface area contributed by atoms with Gasteiger partial charge in [-0.2, -0.15) is 0 Å². The second kappa shape index (κ2) is 8.28. The van der Waals surface area contributed by atoms with Gasteiger partial charge < -0.3 is 20.1 Å². The van der Waals surface area contributed by atoms with E-state index in [4.69, 9.17) is 9.47 Å². The monoisotopic (exact) mass is 443 g/mol. The summed E-state index contributed by atoms with van der Waals surface area (Å²) in [6.07, 6.45) is 1.02. The van der Waals surface area contributed by atoms with Gasteiger partial charge in [0.05, 0.1) is 31.9 Å². The van der Waals surface area contributed by atoms with Gasteiger partial charge >= 0.3 is 6.03 Å². The summed E-state index contributed by atoms with van der Waals surface area (Å²) in [4.78, 5) is 12.2. The summed E-state index contributed by atoms with van der Waals surface area (Å²) in [7, 11) is -0.709. The first-order chi connectivity index (χ1) is 12.2. The van der Waals surface area contributed by atoms with E-state index >= 15 is 0 Å². The molecule has 0 bridgehead atoms. The van der Waals surface area contributed by atoms with E-state index in [1.807, 2.05) is 6.07 Å². The van der Waals surface area contributed by atoms with Gasteiger partial charge in [0.2, 0.25) is 10.0 Å². The number of anilines is 3. The molecule has 0 saturated heterocycles. The Morgan fingerprint density at radius 1 is 1.00 bits per heavy atom. The Hall–Kier alpha value is -2.46. The molecule has 0 aliphatic rings. The number of nitrogens with one attached hydrogen (secondary N) is 3. The third-order valence-corrected chi connectivity index (χ3v) is 4.23. The minimum atomic E-state index is -3.51. The first-order valence-electron chi connectivity index (χ1n) is 7.29. The van der Waals surface area contributed by atoms with Gasteiger partial charge in [0.15, 0.2) is 0 Å². The maximum Gasteiger partial charge on any atom is 0.323 e. The van der Waals surface area contributed by atoms with Gasteiger partial charge in [-0.25, -0.2) is 13.2 Å². The Bertz CT molecular complexity index is 918. The number of hydrogen-bond acceptors (Lipinski definition) is 5. The molecule has 2 aromatic rings. The van der Waals surface area contributed by atoms with Crippen molar-refractivity contribution in [1.82, 2.24) is 0 Å². The predicted molar refractivity (Wildman–Crippen MR) is 105 cm³/mol. The number of urea groups is 1. The van der Waals surface area contributed by atoms with Crippen molar-refractivity contribution in [2.45, 2.75) is 0 Å². The summed E-state index contributed by atoms with van der Waals surface area (Å²) >= 11 is 3.33. The highest BCUT2D eigenvalue weighted by molar-refractivity contribution is 9.10. The van der Waals surface area contributed by atoms with Crippen LogP contribution in [0.15, 0.2) is 40.9 Å². The lowest BCUT2D eigenvalue weighted by atomic mass is 10.2. The number of halogens is 1. The molecule has 2 amide bonds. The van der Waals surface area contributed by atoms with Crippen LogP contribution in [0.1, 0.15) is 0 Å². The average Bonchev–Trinajstić information content (AvgIpc) is 2.54. The molecule has 0 saturated carbocycles. The molecule has 0 aromatic heterocycles. The molecule has 0 spiro atoms. The van der Waals surface area contributed by atoms with Gasteiger partial charge in [-0.3, -0.25) is 4.72 Å². The van der Waals surface area contributed by atoms with Crippen molar-refractivity contribution >= 4 is 49.0 Å². The minimum Gasteiger partial charge on any atom is -0.494 e. The number of sulfonamides is 1. The number of methoxy groups -OCH3 is 2. The third-order valence-electron chi connectivity index (χ3n) is 3.15. The number of hydrogen-bond donors (Lipinski definition) is 3. The molecule has 0 aliphatic carbocycles. The van der Waals surface area contributed by atoms with E-state index in [1.165, 1.54) is 26.4 Å². The van der Waals surface area contributed by atoms with Crippen molar-refractivity contribution in [3.05, 3.63) is 40.9 Å². The molecule has 140 valence electrons. The van der Waals surface area contributed by atoms with E-state index in [2.05, 4.69) is 31.3 Å². The molecule has 0 radical (unpaired) electrons. The largest absolute Gasteiger partial charge is 0.494 e. The van der Waals surface area contributed by atoms with Gasteiger partial charge in [0.1, 0.15) is 11.5 Å². The van der Waals surface area contributed by atoms with Crippen molar-refractivity contribution in [3.8, 4) is 11.5 Å². The Balaban J connectivity index is 2.26. The molecule has 0 fully saturated rings. The highest BCUT2D eigenvalue weighted by Crippen LogP contribution is 2.36. The van der Waals surface area contributed by atoms with E-state index in [0.717, 1.165) is 10.7 Å². The van der Waals surface area contributed by atoms with Gasteiger partial charge in [-0.05, 0) is 18.2 Å². The normalized spacial score (nSPS) is 10.8. The van der Waals surface area contributed by atoms with Crippen LogP contribution in [0, 0.1) is 0 Å².